The van der Waals surface area contributed by atoms with Crippen molar-refractivity contribution in [1.29, 1.82) is 0 Å². The highest BCUT2D eigenvalue weighted by Crippen LogP contribution is 2.30. The van der Waals surface area contributed by atoms with Gasteiger partial charge in [0.05, 0.1) is 6.61 Å². The predicted molar refractivity (Wildman–Crippen MR) is 117 cm³/mol. The third kappa shape index (κ3) is 5.27. The smallest absolute Gasteiger partial charge is 0.227 e. The number of aryl methyl sites for hydroxylation is 1. The molecule has 1 saturated carbocycles. The molecule has 1 fully saturated rings. The van der Waals surface area contributed by atoms with Gasteiger partial charge in [-0.2, -0.15) is 4.98 Å². The van der Waals surface area contributed by atoms with Crippen molar-refractivity contribution < 1.29 is 14.1 Å². The van der Waals surface area contributed by atoms with Gasteiger partial charge in [-0.3, -0.25) is 4.79 Å². The van der Waals surface area contributed by atoms with E-state index in [1.165, 1.54) is 0 Å². The number of carbonyl (C=O) groups is 1. The first kappa shape index (κ1) is 20.6. The van der Waals surface area contributed by atoms with E-state index < -0.39 is 0 Å². The summed E-state index contributed by atoms with van der Waals surface area (Å²) in [7, 11) is 0. The molecule has 1 heterocycles. The quantitative estimate of drug-likeness (QED) is 0.439. The minimum atomic E-state index is 0.123. The maximum absolute atomic E-state index is 12.9. The molecular formula is C23H24BrN3O3. The number of amides is 1. The fraction of sp³-hybridized carbons (Fsp3) is 0.348. The first-order valence-electron chi connectivity index (χ1n) is 10.2. The van der Waals surface area contributed by atoms with Crippen LogP contribution in [0.3, 0.4) is 0 Å². The van der Waals surface area contributed by atoms with E-state index in [4.69, 9.17) is 9.26 Å². The second-order valence-corrected chi connectivity index (χ2v) is 8.27. The lowest BCUT2D eigenvalue weighted by Crippen LogP contribution is -2.32. The van der Waals surface area contributed by atoms with Gasteiger partial charge in [0, 0.05) is 35.5 Å². The Morgan fingerprint density at radius 1 is 1.23 bits per heavy atom. The maximum Gasteiger partial charge on any atom is 0.227 e. The van der Waals surface area contributed by atoms with Crippen molar-refractivity contribution in [2.75, 3.05) is 6.61 Å². The minimum Gasteiger partial charge on any atom is -0.494 e. The van der Waals surface area contributed by atoms with Gasteiger partial charge in [-0.15, -0.1) is 0 Å². The monoisotopic (exact) mass is 469 g/mol. The third-order valence-electron chi connectivity index (χ3n) is 4.99. The third-order valence-corrected chi connectivity index (χ3v) is 5.49. The topological polar surface area (TPSA) is 68.5 Å². The summed E-state index contributed by atoms with van der Waals surface area (Å²) < 4.78 is 11.8. The number of nitrogens with zero attached hydrogens (tertiary/aromatic N) is 3. The summed E-state index contributed by atoms with van der Waals surface area (Å²) in [4.78, 5) is 19.3. The molecule has 2 aromatic carbocycles. The van der Waals surface area contributed by atoms with Crippen LogP contribution in [0, 0.1) is 0 Å². The predicted octanol–water partition coefficient (Wildman–Crippen LogP) is 5.02. The Balaban J connectivity index is 1.36. The summed E-state index contributed by atoms with van der Waals surface area (Å²) in [6, 6.07) is 16.0. The molecule has 0 radical (unpaired) electrons. The van der Waals surface area contributed by atoms with Crippen LogP contribution in [-0.2, 0) is 17.8 Å². The summed E-state index contributed by atoms with van der Waals surface area (Å²) in [6.07, 6.45) is 2.93. The Labute approximate surface area is 184 Å². The standard InChI is InChI=1S/C23H24BrN3O3/c1-2-29-20-10-6-17(7-11-20)23-25-21(30-26-23)12-13-22(28)27(19-8-9-19)15-16-4-3-5-18(24)14-16/h3-7,10-11,14,19H,2,8-9,12-13,15H2,1H3. The van der Waals surface area contributed by atoms with Gasteiger partial charge in [0.25, 0.3) is 0 Å². The molecule has 0 unspecified atom stereocenters. The van der Waals surface area contributed by atoms with Crippen molar-refractivity contribution in [3.8, 4) is 17.1 Å². The SMILES string of the molecule is CCOc1ccc(-c2noc(CCC(=O)N(Cc3cccc(Br)c3)C3CC3)n2)cc1. The first-order valence-corrected chi connectivity index (χ1v) is 11.0. The molecule has 4 rings (SSSR count). The second kappa shape index (κ2) is 9.43. The van der Waals surface area contributed by atoms with Gasteiger partial charge < -0.3 is 14.2 Å². The van der Waals surface area contributed by atoms with Crippen LogP contribution in [-0.4, -0.2) is 33.6 Å². The lowest BCUT2D eigenvalue weighted by Gasteiger charge is -2.22. The minimum absolute atomic E-state index is 0.123. The maximum atomic E-state index is 12.9. The van der Waals surface area contributed by atoms with E-state index in [0.717, 1.165) is 34.2 Å². The largest absolute Gasteiger partial charge is 0.494 e. The van der Waals surface area contributed by atoms with Crippen LogP contribution in [0.4, 0.5) is 0 Å². The van der Waals surface area contributed by atoms with E-state index in [0.29, 0.717) is 43.8 Å². The van der Waals surface area contributed by atoms with Crippen LogP contribution in [0.25, 0.3) is 11.4 Å². The molecule has 0 aliphatic heterocycles. The molecule has 3 aromatic rings. The van der Waals surface area contributed by atoms with Gasteiger partial charge in [0.1, 0.15) is 5.75 Å². The van der Waals surface area contributed by atoms with Gasteiger partial charge in [-0.1, -0.05) is 33.2 Å². The molecule has 30 heavy (non-hydrogen) atoms. The highest BCUT2D eigenvalue weighted by Gasteiger charge is 2.32. The van der Waals surface area contributed by atoms with Crippen molar-refractivity contribution in [2.24, 2.45) is 0 Å². The van der Waals surface area contributed by atoms with Gasteiger partial charge in [-0.05, 0) is 61.7 Å². The van der Waals surface area contributed by atoms with E-state index in [9.17, 15) is 4.79 Å². The van der Waals surface area contributed by atoms with Crippen molar-refractivity contribution in [3.63, 3.8) is 0 Å². The number of carbonyl (C=O) groups excluding carboxylic acids is 1. The second-order valence-electron chi connectivity index (χ2n) is 7.35. The Kier molecular flexibility index (Phi) is 6.47. The molecule has 0 spiro atoms. The molecule has 1 amide bonds. The van der Waals surface area contributed by atoms with Gasteiger partial charge >= 0.3 is 0 Å². The van der Waals surface area contributed by atoms with Crippen molar-refractivity contribution >= 4 is 21.8 Å². The number of benzene rings is 2. The van der Waals surface area contributed by atoms with E-state index in [2.05, 4.69) is 38.2 Å². The number of aromatic nitrogens is 2. The van der Waals surface area contributed by atoms with Crippen LogP contribution in [0.2, 0.25) is 0 Å². The van der Waals surface area contributed by atoms with Gasteiger partial charge in [0.15, 0.2) is 0 Å². The number of rotatable bonds is 9. The zero-order chi connectivity index (χ0) is 20.9. The molecule has 0 atom stereocenters. The van der Waals surface area contributed by atoms with Gasteiger partial charge in [0.2, 0.25) is 17.6 Å². The fourth-order valence-corrected chi connectivity index (χ4v) is 3.78. The van der Waals surface area contributed by atoms with Crippen molar-refractivity contribution in [2.45, 2.75) is 45.2 Å². The molecule has 0 N–H and O–H groups in total. The molecule has 0 bridgehead atoms. The lowest BCUT2D eigenvalue weighted by molar-refractivity contribution is -0.132. The average Bonchev–Trinajstić information content (AvgIpc) is 3.48. The summed E-state index contributed by atoms with van der Waals surface area (Å²) in [6.45, 7) is 3.20. The molecule has 1 aliphatic rings. The van der Waals surface area contributed by atoms with Crippen LogP contribution in [0.5, 0.6) is 5.75 Å². The Morgan fingerprint density at radius 3 is 2.73 bits per heavy atom. The van der Waals surface area contributed by atoms with Crippen LogP contribution in [0.15, 0.2) is 57.5 Å². The summed E-state index contributed by atoms with van der Waals surface area (Å²) in [5.41, 5.74) is 1.98. The zero-order valence-corrected chi connectivity index (χ0v) is 18.5. The molecular weight excluding hydrogens is 446 g/mol. The summed E-state index contributed by atoms with van der Waals surface area (Å²) >= 11 is 3.50. The highest BCUT2D eigenvalue weighted by atomic mass is 79.9. The van der Waals surface area contributed by atoms with Crippen LogP contribution >= 0.6 is 15.9 Å². The molecule has 1 aliphatic carbocycles. The van der Waals surface area contributed by atoms with Crippen LogP contribution < -0.4 is 4.74 Å². The average molecular weight is 470 g/mol. The highest BCUT2D eigenvalue weighted by molar-refractivity contribution is 9.10. The molecule has 6 nitrogen and oxygen atoms in total. The molecule has 7 heteroatoms. The number of halogens is 1. The molecule has 156 valence electrons. The lowest BCUT2D eigenvalue weighted by atomic mass is 10.2. The van der Waals surface area contributed by atoms with E-state index in [-0.39, 0.29) is 5.91 Å². The van der Waals surface area contributed by atoms with E-state index in [1.807, 2.05) is 48.2 Å². The van der Waals surface area contributed by atoms with E-state index >= 15 is 0 Å². The fourth-order valence-electron chi connectivity index (χ4n) is 3.34. The zero-order valence-electron chi connectivity index (χ0n) is 16.9. The number of ether oxygens (including phenoxy) is 1. The molecule has 1 aromatic heterocycles. The van der Waals surface area contributed by atoms with E-state index in [1.54, 1.807) is 0 Å². The Morgan fingerprint density at radius 2 is 2.03 bits per heavy atom. The first-order chi connectivity index (χ1) is 14.6. The molecule has 0 saturated heterocycles. The Hall–Kier alpha value is -2.67. The van der Waals surface area contributed by atoms with Crippen molar-refractivity contribution in [1.82, 2.24) is 15.0 Å². The number of hydrogen-bond acceptors (Lipinski definition) is 5. The van der Waals surface area contributed by atoms with Gasteiger partial charge in [-0.25, -0.2) is 0 Å². The number of hydrogen-bond donors (Lipinski definition) is 0. The summed E-state index contributed by atoms with van der Waals surface area (Å²) in [5.74, 6) is 1.93. The Bertz CT molecular complexity index is 999. The van der Waals surface area contributed by atoms with Crippen LogP contribution in [0.1, 0.15) is 37.6 Å². The van der Waals surface area contributed by atoms with Crippen molar-refractivity contribution in [3.05, 3.63) is 64.5 Å². The normalized spacial score (nSPS) is 13.3. The summed E-state index contributed by atoms with van der Waals surface area (Å²) in [5, 5.41) is 4.05.